The zero-order valence-corrected chi connectivity index (χ0v) is 19.8. The van der Waals surface area contributed by atoms with Crippen molar-refractivity contribution in [3.05, 3.63) is 91.0 Å². The van der Waals surface area contributed by atoms with Crippen molar-refractivity contribution in [2.24, 2.45) is 0 Å². The van der Waals surface area contributed by atoms with E-state index in [2.05, 4.69) is 4.90 Å². The summed E-state index contributed by atoms with van der Waals surface area (Å²) in [6, 6.07) is 29.0. The Hall–Kier alpha value is -1.84. The fraction of sp³-hybridized carbons (Fsp3) is 0.250. The molecular weight excluding hydrogens is 428 g/mol. The van der Waals surface area contributed by atoms with E-state index >= 15 is 0 Å². The van der Waals surface area contributed by atoms with E-state index < -0.39 is 15.3 Å². The Balaban J connectivity index is 1.99. The molecule has 31 heavy (non-hydrogen) atoms. The summed E-state index contributed by atoms with van der Waals surface area (Å²) in [7, 11) is -3.23. The summed E-state index contributed by atoms with van der Waals surface area (Å²) < 4.78 is 24.8. The van der Waals surface area contributed by atoms with E-state index in [-0.39, 0.29) is 6.61 Å². The molecular formula is C24H30NO4P2+. The molecule has 0 aliphatic rings. The van der Waals surface area contributed by atoms with Gasteiger partial charge in [0.05, 0.1) is 6.61 Å². The Bertz CT molecular complexity index is 872. The molecule has 7 heteroatoms. The lowest BCUT2D eigenvalue weighted by atomic mass is 10.3. The number of unbranched alkanes of at least 4 members (excludes halogenated alkanes) is 1. The topological polar surface area (TPSA) is 59.0 Å². The first-order valence-electron chi connectivity index (χ1n) is 10.3. The summed E-state index contributed by atoms with van der Waals surface area (Å²) in [6.07, 6.45) is 1.56. The van der Waals surface area contributed by atoms with Gasteiger partial charge in [0.1, 0.15) is 15.9 Å². The highest BCUT2D eigenvalue weighted by atomic mass is 31.3. The van der Waals surface area contributed by atoms with Crippen LogP contribution in [0.4, 0.5) is 0 Å². The molecule has 1 atom stereocenters. The van der Waals surface area contributed by atoms with Crippen molar-refractivity contribution in [2.75, 3.05) is 27.2 Å². The fourth-order valence-corrected chi connectivity index (χ4v) is 8.98. The third-order valence-corrected chi connectivity index (χ3v) is 10.2. The number of benzene rings is 3. The van der Waals surface area contributed by atoms with Crippen LogP contribution in [0, 0.1) is 0 Å². The zero-order valence-electron chi connectivity index (χ0n) is 18.0. The largest absolute Gasteiger partial charge is 0.506 e. The third-order valence-electron chi connectivity index (χ3n) is 4.84. The monoisotopic (exact) mass is 458 g/mol. The maximum absolute atomic E-state index is 13.2. The highest BCUT2D eigenvalue weighted by Gasteiger charge is 2.54. The molecule has 0 aliphatic heterocycles. The highest BCUT2D eigenvalue weighted by molar-refractivity contribution is 7.94. The van der Waals surface area contributed by atoms with Crippen molar-refractivity contribution in [3.8, 4) is 0 Å². The van der Waals surface area contributed by atoms with Crippen molar-refractivity contribution in [3.63, 3.8) is 0 Å². The van der Waals surface area contributed by atoms with Crippen LogP contribution < -0.4 is 15.9 Å². The lowest BCUT2D eigenvalue weighted by molar-refractivity contribution is 0.202. The van der Waals surface area contributed by atoms with E-state index in [9.17, 15) is 9.46 Å². The second kappa shape index (κ2) is 11.2. The van der Waals surface area contributed by atoms with Crippen LogP contribution in [0.2, 0.25) is 0 Å². The Morgan fingerprint density at radius 2 is 1.19 bits per heavy atom. The number of hydrogen-bond donors (Lipinski definition) is 1. The van der Waals surface area contributed by atoms with Crippen LogP contribution in [-0.2, 0) is 13.4 Å². The molecule has 3 aromatic rings. The standard InChI is InChI=1S/C24H29NO4P2/c1-25(2)20-12-13-21-28-31(26,27)29-30(22-14-6-3-7-15-22,23-16-8-4-9-17-23)24-18-10-5-11-19-24/h3-11,14-19H,12-13,20-21H2,1-2H3/p+1. The predicted molar refractivity (Wildman–Crippen MR) is 130 cm³/mol. The molecule has 3 rings (SSSR count). The van der Waals surface area contributed by atoms with Crippen LogP contribution in [0.15, 0.2) is 91.0 Å². The van der Waals surface area contributed by atoms with Crippen LogP contribution >= 0.6 is 15.3 Å². The number of hydrogen-bond acceptors (Lipinski definition) is 4. The first kappa shape index (κ1) is 23.8. The maximum Gasteiger partial charge on any atom is 0.506 e. The minimum absolute atomic E-state index is 0.167. The summed E-state index contributed by atoms with van der Waals surface area (Å²) in [4.78, 5) is 12.8. The molecule has 5 nitrogen and oxygen atoms in total. The summed E-state index contributed by atoms with van der Waals surface area (Å²) >= 11 is 0. The van der Waals surface area contributed by atoms with Gasteiger partial charge in [-0.1, -0.05) is 54.6 Å². The first-order chi connectivity index (χ1) is 14.9. The van der Waals surface area contributed by atoms with Crippen LogP contribution in [0.25, 0.3) is 0 Å². The molecule has 1 unspecified atom stereocenters. The molecule has 0 bridgehead atoms. The van der Waals surface area contributed by atoms with E-state index in [4.69, 9.17) is 8.83 Å². The molecule has 0 fully saturated rings. The number of nitrogens with zero attached hydrogens (tertiary/aromatic N) is 1. The van der Waals surface area contributed by atoms with Gasteiger partial charge in [-0.2, -0.15) is 0 Å². The van der Waals surface area contributed by atoms with E-state index in [1.807, 2.05) is 105 Å². The van der Waals surface area contributed by atoms with Gasteiger partial charge in [0.2, 0.25) is 0 Å². The van der Waals surface area contributed by atoms with Crippen LogP contribution in [0.5, 0.6) is 0 Å². The molecule has 0 heterocycles. The number of phosphoric ester groups is 1. The average molecular weight is 458 g/mol. The van der Waals surface area contributed by atoms with Gasteiger partial charge in [-0.25, -0.2) is 4.57 Å². The molecule has 164 valence electrons. The first-order valence-corrected chi connectivity index (χ1v) is 13.5. The van der Waals surface area contributed by atoms with E-state index in [0.29, 0.717) is 6.42 Å². The van der Waals surface area contributed by atoms with E-state index in [1.54, 1.807) is 0 Å². The summed E-state index contributed by atoms with van der Waals surface area (Å²) in [5.41, 5.74) is 0. The van der Waals surface area contributed by atoms with Crippen molar-refractivity contribution >= 4 is 31.2 Å². The maximum atomic E-state index is 13.2. The molecule has 0 spiro atoms. The Morgan fingerprint density at radius 3 is 1.58 bits per heavy atom. The van der Waals surface area contributed by atoms with Crippen molar-refractivity contribution in [1.82, 2.24) is 4.90 Å². The molecule has 0 aromatic heterocycles. The third kappa shape index (κ3) is 6.33. The molecule has 0 saturated carbocycles. The molecule has 0 radical (unpaired) electrons. The van der Waals surface area contributed by atoms with Gasteiger partial charge in [0.25, 0.3) is 7.49 Å². The smallest absolute Gasteiger partial charge is 0.309 e. The minimum Gasteiger partial charge on any atom is -0.309 e. The normalized spacial score (nSPS) is 13.8. The Morgan fingerprint density at radius 1 is 0.774 bits per heavy atom. The Labute approximate surface area is 185 Å². The summed E-state index contributed by atoms with van der Waals surface area (Å²) in [6.45, 7) is 1.06. The van der Waals surface area contributed by atoms with Gasteiger partial charge >= 0.3 is 7.82 Å². The van der Waals surface area contributed by atoms with Gasteiger partial charge in [0, 0.05) is 0 Å². The lowest BCUT2D eigenvalue weighted by Crippen LogP contribution is -2.32. The summed E-state index contributed by atoms with van der Waals surface area (Å²) in [5, 5.41) is 2.58. The van der Waals surface area contributed by atoms with Gasteiger partial charge in [-0.15, -0.1) is 4.31 Å². The lowest BCUT2D eigenvalue weighted by Gasteiger charge is -2.26. The average Bonchev–Trinajstić information content (AvgIpc) is 2.79. The molecule has 0 amide bonds. The van der Waals surface area contributed by atoms with Crippen molar-refractivity contribution in [1.29, 1.82) is 0 Å². The second-order valence-corrected chi connectivity index (χ2v) is 12.1. The number of phosphoric acid groups is 1. The summed E-state index contributed by atoms with van der Waals surface area (Å²) in [5.74, 6) is 0. The molecule has 1 N–H and O–H groups in total. The van der Waals surface area contributed by atoms with E-state index in [1.165, 1.54) is 0 Å². The van der Waals surface area contributed by atoms with Crippen molar-refractivity contribution < 1.29 is 18.3 Å². The van der Waals surface area contributed by atoms with Gasteiger partial charge in [0.15, 0.2) is 0 Å². The van der Waals surface area contributed by atoms with Crippen LogP contribution in [-0.4, -0.2) is 37.0 Å². The quantitative estimate of drug-likeness (QED) is 0.342. The predicted octanol–water partition coefficient (Wildman–Crippen LogP) is 4.37. The van der Waals surface area contributed by atoms with E-state index in [0.717, 1.165) is 28.9 Å². The highest BCUT2D eigenvalue weighted by Crippen LogP contribution is 2.67. The fourth-order valence-electron chi connectivity index (χ4n) is 3.39. The minimum atomic E-state index is -4.34. The molecule has 0 saturated heterocycles. The Kier molecular flexibility index (Phi) is 8.57. The van der Waals surface area contributed by atoms with Crippen LogP contribution in [0.3, 0.4) is 0 Å². The molecule has 0 aliphatic carbocycles. The van der Waals surface area contributed by atoms with Gasteiger partial charge in [-0.05, 0) is 69.9 Å². The number of rotatable bonds is 11. The van der Waals surface area contributed by atoms with Gasteiger partial charge in [-0.3, -0.25) is 4.52 Å². The van der Waals surface area contributed by atoms with Crippen molar-refractivity contribution in [2.45, 2.75) is 12.8 Å². The SMILES string of the molecule is CN(C)CCCCOP(=O)(O)O[P+](c1ccccc1)(c1ccccc1)c1ccccc1. The molecule has 3 aromatic carbocycles. The van der Waals surface area contributed by atoms with Gasteiger partial charge < -0.3 is 9.79 Å². The zero-order chi connectivity index (χ0) is 22.2. The second-order valence-electron chi connectivity index (χ2n) is 7.51. The van der Waals surface area contributed by atoms with Crippen LogP contribution in [0.1, 0.15) is 12.8 Å².